The van der Waals surface area contributed by atoms with Crippen LogP contribution >= 0.6 is 0 Å². The fourth-order valence-corrected chi connectivity index (χ4v) is 4.99. The van der Waals surface area contributed by atoms with Crippen LogP contribution in [0.25, 0.3) is 0 Å². The summed E-state index contributed by atoms with van der Waals surface area (Å²) in [6.07, 6.45) is 7.48. The molecule has 1 unspecified atom stereocenters. The van der Waals surface area contributed by atoms with E-state index in [2.05, 4.69) is 37.4 Å². The first-order valence-electron chi connectivity index (χ1n) is 8.59. The first-order valence-corrected chi connectivity index (χ1v) is 8.59. The zero-order chi connectivity index (χ0) is 14.6. The third-order valence-electron chi connectivity index (χ3n) is 6.17. The lowest BCUT2D eigenvalue weighted by atomic mass is 9.73. The molecule has 4 rings (SSSR count). The molecule has 1 heterocycles. The smallest absolute Gasteiger partial charge is 0.190 e. The summed E-state index contributed by atoms with van der Waals surface area (Å²) in [4.78, 5) is 13.2. The van der Waals surface area contributed by atoms with Crippen molar-refractivity contribution in [2.24, 2.45) is 11.8 Å². The Kier molecular flexibility index (Phi) is 2.92. The minimum absolute atomic E-state index is 0.261. The third-order valence-corrected chi connectivity index (χ3v) is 6.17. The summed E-state index contributed by atoms with van der Waals surface area (Å²) in [5.74, 6) is 2.20. The second kappa shape index (κ2) is 4.59. The van der Waals surface area contributed by atoms with Crippen LogP contribution < -0.4 is 5.32 Å². The van der Waals surface area contributed by atoms with Crippen molar-refractivity contribution in [2.45, 2.75) is 63.8 Å². The zero-order valence-corrected chi connectivity index (χ0v) is 13.1. The van der Waals surface area contributed by atoms with E-state index in [1.165, 1.54) is 37.7 Å². The van der Waals surface area contributed by atoms with Crippen molar-refractivity contribution in [3.63, 3.8) is 0 Å². The molecule has 1 aliphatic heterocycles. The van der Waals surface area contributed by atoms with Crippen molar-refractivity contribution in [3.8, 4) is 0 Å². The van der Waals surface area contributed by atoms with Gasteiger partial charge in [-0.05, 0) is 54.7 Å². The minimum atomic E-state index is -0.261. The van der Waals surface area contributed by atoms with Gasteiger partial charge in [0, 0.05) is 11.3 Å². The Labute approximate surface area is 127 Å². The van der Waals surface area contributed by atoms with E-state index in [4.69, 9.17) is 0 Å². The molecule has 1 N–H and O–H groups in total. The quantitative estimate of drug-likeness (QED) is 0.805. The molecule has 112 valence electrons. The number of hydrogen-bond acceptors (Lipinski definition) is 2. The van der Waals surface area contributed by atoms with Crippen molar-refractivity contribution in [1.82, 2.24) is 0 Å². The minimum Gasteiger partial charge on any atom is -0.372 e. The van der Waals surface area contributed by atoms with E-state index in [0.717, 1.165) is 23.6 Å². The monoisotopic (exact) mass is 283 g/mol. The Morgan fingerprint density at radius 3 is 2.81 bits per heavy atom. The van der Waals surface area contributed by atoms with Gasteiger partial charge in [0.2, 0.25) is 0 Å². The second-order valence-corrected chi connectivity index (χ2v) is 7.57. The molecule has 2 aliphatic carbocycles. The van der Waals surface area contributed by atoms with Crippen molar-refractivity contribution in [1.29, 1.82) is 0 Å². The predicted molar refractivity (Wildman–Crippen MR) is 85.9 cm³/mol. The highest BCUT2D eigenvalue weighted by molar-refractivity contribution is 6.14. The van der Waals surface area contributed by atoms with E-state index in [-0.39, 0.29) is 5.54 Å². The maximum Gasteiger partial charge on any atom is 0.190 e. The van der Waals surface area contributed by atoms with E-state index >= 15 is 0 Å². The Bertz CT molecular complexity index is 591. The normalized spacial score (nSPS) is 34.1. The van der Waals surface area contributed by atoms with Crippen LogP contribution in [0.5, 0.6) is 0 Å². The number of anilines is 1. The molecular formula is C19H25NO. The summed E-state index contributed by atoms with van der Waals surface area (Å²) in [5, 5.41) is 3.68. The number of benzene rings is 1. The molecule has 21 heavy (non-hydrogen) atoms. The largest absolute Gasteiger partial charge is 0.372 e. The average Bonchev–Trinajstić information content (AvgIpc) is 3.00. The van der Waals surface area contributed by atoms with Gasteiger partial charge < -0.3 is 5.32 Å². The van der Waals surface area contributed by atoms with Crippen LogP contribution in [0.2, 0.25) is 0 Å². The fourth-order valence-electron chi connectivity index (χ4n) is 4.99. The van der Waals surface area contributed by atoms with Crippen LogP contribution in [-0.4, -0.2) is 11.3 Å². The maximum absolute atomic E-state index is 13.2. The van der Waals surface area contributed by atoms with Gasteiger partial charge in [-0.3, -0.25) is 4.79 Å². The van der Waals surface area contributed by atoms with Crippen LogP contribution in [0.3, 0.4) is 0 Å². The molecule has 2 saturated carbocycles. The van der Waals surface area contributed by atoms with Gasteiger partial charge in [-0.25, -0.2) is 0 Å². The molecule has 3 aliphatic rings. The van der Waals surface area contributed by atoms with E-state index in [1.54, 1.807) is 0 Å². The van der Waals surface area contributed by atoms with Gasteiger partial charge in [0.1, 0.15) is 5.54 Å². The third kappa shape index (κ3) is 1.81. The van der Waals surface area contributed by atoms with Gasteiger partial charge in [-0.15, -0.1) is 0 Å². The van der Waals surface area contributed by atoms with Crippen LogP contribution in [0.15, 0.2) is 18.2 Å². The summed E-state index contributed by atoms with van der Waals surface area (Å²) in [6, 6.07) is 6.45. The van der Waals surface area contributed by atoms with Crippen molar-refractivity contribution in [3.05, 3.63) is 29.3 Å². The van der Waals surface area contributed by atoms with Crippen LogP contribution in [0.1, 0.15) is 74.2 Å². The molecule has 2 nitrogen and oxygen atoms in total. The first-order chi connectivity index (χ1) is 10.1. The Hall–Kier alpha value is -1.31. The lowest BCUT2D eigenvalue weighted by molar-refractivity contribution is 0.0852. The first kappa shape index (κ1) is 13.4. The molecule has 2 fully saturated rings. The van der Waals surface area contributed by atoms with E-state index in [9.17, 15) is 4.79 Å². The summed E-state index contributed by atoms with van der Waals surface area (Å²) in [7, 11) is 0. The molecule has 1 aromatic rings. The standard InChI is InChI=1S/C19H25NO/c1-12(2)14-7-8-17-15(11-14)18(21)19(20-17)10-9-13-5-3-4-6-16(13)19/h7-8,11-13,16,20H,3-6,9-10H2,1-2H3/t13-,16+,19?/m1/s1. The number of carbonyl (C=O) groups excluding carboxylic acids is 1. The SMILES string of the molecule is CC(C)c1ccc2c(c1)C(=O)C1(CC[C@H]3CCCC[C@@H]31)N2. The predicted octanol–water partition coefficient (Wildman–Crippen LogP) is 4.76. The molecule has 0 bridgehead atoms. The van der Waals surface area contributed by atoms with Gasteiger partial charge in [-0.1, -0.05) is 39.2 Å². The van der Waals surface area contributed by atoms with Gasteiger partial charge in [0.05, 0.1) is 0 Å². The molecule has 0 amide bonds. The van der Waals surface area contributed by atoms with Gasteiger partial charge >= 0.3 is 0 Å². The molecule has 0 aromatic heterocycles. The number of nitrogens with one attached hydrogen (secondary N) is 1. The Morgan fingerprint density at radius 1 is 1.19 bits per heavy atom. The topological polar surface area (TPSA) is 29.1 Å². The number of fused-ring (bicyclic) bond motifs is 3. The molecule has 2 heteroatoms. The van der Waals surface area contributed by atoms with Crippen molar-refractivity contribution < 1.29 is 4.79 Å². The van der Waals surface area contributed by atoms with Gasteiger partial charge in [0.15, 0.2) is 5.78 Å². The summed E-state index contributed by atoms with van der Waals surface area (Å²) in [5.41, 5.74) is 3.05. The number of ketones is 1. The number of Topliss-reactive ketones (excluding diaryl/α,β-unsaturated/α-hetero) is 1. The Balaban J connectivity index is 1.73. The highest BCUT2D eigenvalue weighted by Gasteiger charge is 2.56. The number of hydrogen-bond donors (Lipinski definition) is 1. The van der Waals surface area contributed by atoms with E-state index < -0.39 is 0 Å². The van der Waals surface area contributed by atoms with Gasteiger partial charge in [-0.2, -0.15) is 0 Å². The molecule has 3 atom stereocenters. The van der Waals surface area contributed by atoms with Gasteiger partial charge in [0.25, 0.3) is 0 Å². The lowest BCUT2D eigenvalue weighted by Gasteiger charge is -2.36. The Morgan fingerprint density at radius 2 is 2.00 bits per heavy atom. The number of rotatable bonds is 1. The van der Waals surface area contributed by atoms with Crippen LogP contribution in [0, 0.1) is 11.8 Å². The molecular weight excluding hydrogens is 258 g/mol. The molecule has 0 saturated heterocycles. The fraction of sp³-hybridized carbons (Fsp3) is 0.632. The molecule has 1 aromatic carbocycles. The molecule has 0 radical (unpaired) electrons. The molecule has 1 spiro atoms. The van der Waals surface area contributed by atoms with Crippen LogP contribution in [-0.2, 0) is 0 Å². The zero-order valence-electron chi connectivity index (χ0n) is 13.1. The maximum atomic E-state index is 13.2. The van der Waals surface area contributed by atoms with E-state index in [0.29, 0.717) is 17.6 Å². The highest BCUT2D eigenvalue weighted by atomic mass is 16.1. The number of carbonyl (C=O) groups is 1. The van der Waals surface area contributed by atoms with E-state index in [1.807, 2.05) is 0 Å². The van der Waals surface area contributed by atoms with Crippen LogP contribution in [0.4, 0.5) is 5.69 Å². The summed E-state index contributed by atoms with van der Waals surface area (Å²) in [6.45, 7) is 4.38. The van der Waals surface area contributed by atoms with Crippen molar-refractivity contribution in [2.75, 3.05) is 5.32 Å². The summed E-state index contributed by atoms with van der Waals surface area (Å²) < 4.78 is 0. The second-order valence-electron chi connectivity index (χ2n) is 7.57. The lowest BCUT2D eigenvalue weighted by Crippen LogP contribution is -2.47. The summed E-state index contributed by atoms with van der Waals surface area (Å²) >= 11 is 0. The van der Waals surface area contributed by atoms with Crippen molar-refractivity contribution >= 4 is 11.5 Å². The average molecular weight is 283 g/mol. The highest BCUT2D eigenvalue weighted by Crippen LogP contribution is 2.54.